The van der Waals surface area contributed by atoms with Gasteiger partial charge in [0.2, 0.25) is 0 Å². The summed E-state index contributed by atoms with van der Waals surface area (Å²) in [5.41, 5.74) is 5.61. The summed E-state index contributed by atoms with van der Waals surface area (Å²) in [5, 5.41) is 0. The van der Waals surface area contributed by atoms with Crippen LogP contribution in [0.15, 0.2) is 0 Å². The van der Waals surface area contributed by atoms with E-state index < -0.39 is 0 Å². The molecule has 0 radical (unpaired) electrons. The number of rotatable bonds is 6. The lowest BCUT2D eigenvalue weighted by molar-refractivity contribution is 0.119. The summed E-state index contributed by atoms with van der Waals surface area (Å²) >= 11 is 0. The van der Waals surface area contributed by atoms with Gasteiger partial charge in [-0.2, -0.15) is 0 Å². The maximum Gasteiger partial charge on any atom is 0.00952 e. The van der Waals surface area contributed by atoms with Crippen molar-refractivity contribution < 1.29 is 0 Å². The van der Waals surface area contributed by atoms with Crippen LogP contribution in [0.2, 0.25) is 0 Å². The SMILES string of the molecule is CCCC1CCCCN1CC(C)CCN. The van der Waals surface area contributed by atoms with Gasteiger partial charge in [-0.15, -0.1) is 0 Å². The zero-order valence-corrected chi connectivity index (χ0v) is 10.5. The standard InChI is InChI=1S/C13H28N2/c1-3-6-13-7-4-5-10-15(13)11-12(2)8-9-14/h12-13H,3-11,14H2,1-2H3. The number of hydrogen-bond acceptors (Lipinski definition) is 2. The van der Waals surface area contributed by atoms with Crippen molar-refractivity contribution in [3.8, 4) is 0 Å². The number of nitrogens with zero attached hydrogens (tertiary/aromatic N) is 1. The van der Waals surface area contributed by atoms with Gasteiger partial charge in [0.1, 0.15) is 0 Å². The molecule has 0 amide bonds. The summed E-state index contributed by atoms with van der Waals surface area (Å²) in [4.78, 5) is 2.72. The maximum atomic E-state index is 5.61. The Morgan fingerprint density at radius 2 is 2.20 bits per heavy atom. The van der Waals surface area contributed by atoms with E-state index in [9.17, 15) is 0 Å². The Bertz CT molecular complexity index is 157. The van der Waals surface area contributed by atoms with Gasteiger partial charge in [-0.05, 0) is 44.7 Å². The summed E-state index contributed by atoms with van der Waals surface area (Å²) in [5.74, 6) is 0.771. The predicted octanol–water partition coefficient (Wildman–Crippen LogP) is 2.63. The van der Waals surface area contributed by atoms with E-state index in [-0.39, 0.29) is 0 Å². The quantitative estimate of drug-likeness (QED) is 0.733. The second-order valence-corrected chi connectivity index (χ2v) is 5.12. The molecular formula is C13H28N2. The molecular weight excluding hydrogens is 184 g/mol. The first-order valence-electron chi connectivity index (χ1n) is 6.72. The smallest absolute Gasteiger partial charge is 0.00952 e. The highest BCUT2D eigenvalue weighted by Gasteiger charge is 2.22. The van der Waals surface area contributed by atoms with Gasteiger partial charge in [-0.25, -0.2) is 0 Å². The number of piperidine rings is 1. The van der Waals surface area contributed by atoms with Crippen LogP contribution in [-0.2, 0) is 0 Å². The second-order valence-electron chi connectivity index (χ2n) is 5.12. The number of nitrogens with two attached hydrogens (primary N) is 1. The first-order chi connectivity index (χ1) is 7.27. The Hall–Kier alpha value is -0.0800. The highest BCUT2D eigenvalue weighted by atomic mass is 15.2. The molecule has 0 aromatic rings. The van der Waals surface area contributed by atoms with Gasteiger partial charge in [0.15, 0.2) is 0 Å². The molecule has 2 unspecified atom stereocenters. The van der Waals surface area contributed by atoms with Crippen LogP contribution in [0.3, 0.4) is 0 Å². The molecule has 0 spiro atoms. The van der Waals surface area contributed by atoms with Crippen molar-refractivity contribution in [2.75, 3.05) is 19.6 Å². The zero-order chi connectivity index (χ0) is 11.1. The molecule has 2 heteroatoms. The van der Waals surface area contributed by atoms with Crippen molar-refractivity contribution in [3.63, 3.8) is 0 Å². The van der Waals surface area contributed by atoms with Crippen LogP contribution in [0, 0.1) is 5.92 Å². The van der Waals surface area contributed by atoms with E-state index in [1.165, 1.54) is 51.6 Å². The summed E-state index contributed by atoms with van der Waals surface area (Å²) in [7, 11) is 0. The first kappa shape index (κ1) is 13.0. The third kappa shape index (κ3) is 4.52. The zero-order valence-electron chi connectivity index (χ0n) is 10.5. The van der Waals surface area contributed by atoms with Crippen molar-refractivity contribution in [3.05, 3.63) is 0 Å². The maximum absolute atomic E-state index is 5.61. The molecule has 0 saturated carbocycles. The topological polar surface area (TPSA) is 29.3 Å². The van der Waals surface area contributed by atoms with Gasteiger partial charge < -0.3 is 10.6 Å². The van der Waals surface area contributed by atoms with Crippen LogP contribution >= 0.6 is 0 Å². The van der Waals surface area contributed by atoms with Crippen LogP contribution in [-0.4, -0.2) is 30.6 Å². The van der Waals surface area contributed by atoms with E-state index in [2.05, 4.69) is 18.7 Å². The van der Waals surface area contributed by atoms with E-state index >= 15 is 0 Å². The Morgan fingerprint density at radius 3 is 2.87 bits per heavy atom. The highest BCUT2D eigenvalue weighted by Crippen LogP contribution is 2.22. The molecule has 1 fully saturated rings. The molecule has 2 N–H and O–H groups in total. The third-order valence-corrected chi connectivity index (χ3v) is 3.58. The van der Waals surface area contributed by atoms with E-state index in [0.717, 1.165) is 18.5 Å². The molecule has 0 aromatic heterocycles. The molecule has 15 heavy (non-hydrogen) atoms. The minimum absolute atomic E-state index is 0.771. The lowest BCUT2D eigenvalue weighted by Gasteiger charge is -2.37. The predicted molar refractivity (Wildman–Crippen MR) is 67.0 cm³/mol. The summed E-state index contributed by atoms with van der Waals surface area (Å²) in [6.45, 7) is 8.06. The third-order valence-electron chi connectivity index (χ3n) is 3.58. The van der Waals surface area contributed by atoms with Crippen LogP contribution in [0.1, 0.15) is 52.4 Å². The van der Waals surface area contributed by atoms with Crippen molar-refractivity contribution in [1.82, 2.24) is 4.90 Å². The van der Waals surface area contributed by atoms with Gasteiger partial charge in [0, 0.05) is 12.6 Å². The summed E-state index contributed by atoms with van der Waals surface area (Å²) in [6.07, 6.45) is 8.14. The van der Waals surface area contributed by atoms with Crippen molar-refractivity contribution in [2.45, 2.75) is 58.4 Å². The molecule has 1 aliphatic heterocycles. The Labute approximate surface area is 95.2 Å². The monoisotopic (exact) mass is 212 g/mol. The fourth-order valence-electron chi connectivity index (χ4n) is 2.74. The molecule has 2 nitrogen and oxygen atoms in total. The van der Waals surface area contributed by atoms with E-state index in [1.807, 2.05) is 0 Å². The molecule has 0 aliphatic carbocycles. The van der Waals surface area contributed by atoms with Crippen molar-refractivity contribution in [2.24, 2.45) is 11.7 Å². The molecule has 0 bridgehead atoms. The lowest BCUT2D eigenvalue weighted by atomic mass is 9.96. The van der Waals surface area contributed by atoms with Gasteiger partial charge in [-0.1, -0.05) is 26.7 Å². The molecule has 90 valence electrons. The Balaban J connectivity index is 2.34. The molecule has 1 heterocycles. The Morgan fingerprint density at radius 1 is 1.40 bits per heavy atom. The van der Waals surface area contributed by atoms with Crippen LogP contribution in [0.25, 0.3) is 0 Å². The number of likely N-dealkylation sites (tertiary alicyclic amines) is 1. The normalized spacial score (nSPS) is 25.4. The summed E-state index contributed by atoms with van der Waals surface area (Å²) < 4.78 is 0. The second kappa shape index (κ2) is 7.24. The largest absolute Gasteiger partial charge is 0.330 e. The van der Waals surface area contributed by atoms with Crippen molar-refractivity contribution in [1.29, 1.82) is 0 Å². The summed E-state index contributed by atoms with van der Waals surface area (Å²) in [6, 6.07) is 0.865. The fourth-order valence-corrected chi connectivity index (χ4v) is 2.74. The highest BCUT2D eigenvalue weighted by molar-refractivity contribution is 4.77. The molecule has 2 atom stereocenters. The fraction of sp³-hybridized carbons (Fsp3) is 1.00. The van der Waals surface area contributed by atoms with Crippen molar-refractivity contribution >= 4 is 0 Å². The molecule has 1 aliphatic rings. The van der Waals surface area contributed by atoms with Gasteiger partial charge in [-0.3, -0.25) is 0 Å². The molecule has 0 aromatic carbocycles. The number of hydrogen-bond donors (Lipinski definition) is 1. The minimum atomic E-state index is 0.771. The average molecular weight is 212 g/mol. The van der Waals surface area contributed by atoms with Crippen LogP contribution in [0.4, 0.5) is 0 Å². The van der Waals surface area contributed by atoms with E-state index in [1.54, 1.807) is 0 Å². The Kier molecular flexibility index (Phi) is 6.26. The minimum Gasteiger partial charge on any atom is -0.330 e. The van der Waals surface area contributed by atoms with Crippen LogP contribution in [0.5, 0.6) is 0 Å². The average Bonchev–Trinajstić information content (AvgIpc) is 2.21. The van der Waals surface area contributed by atoms with Gasteiger partial charge in [0.05, 0.1) is 0 Å². The lowest BCUT2D eigenvalue weighted by Crippen LogP contribution is -2.42. The molecule has 1 saturated heterocycles. The molecule has 1 rings (SSSR count). The van der Waals surface area contributed by atoms with E-state index in [0.29, 0.717) is 0 Å². The van der Waals surface area contributed by atoms with Gasteiger partial charge in [0.25, 0.3) is 0 Å². The van der Waals surface area contributed by atoms with E-state index in [4.69, 9.17) is 5.73 Å². The van der Waals surface area contributed by atoms with Crippen LogP contribution < -0.4 is 5.73 Å². The van der Waals surface area contributed by atoms with Gasteiger partial charge >= 0.3 is 0 Å². The first-order valence-corrected chi connectivity index (χ1v) is 6.72.